The van der Waals surface area contributed by atoms with Gasteiger partial charge in [0.1, 0.15) is 29.0 Å². The molecule has 2 heterocycles. The third-order valence-electron chi connectivity index (χ3n) is 5.38. The van der Waals surface area contributed by atoms with E-state index in [4.69, 9.17) is 30.2 Å². The monoisotopic (exact) mass is 450 g/mol. The van der Waals surface area contributed by atoms with Crippen LogP contribution in [0, 0.1) is 0 Å². The lowest BCUT2D eigenvalue weighted by molar-refractivity contribution is -0.0373. The van der Waals surface area contributed by atoms with Crippen molar-refractivity contribution in [3.63, 3.8) is 0 Å². The largest absolute Gasteiger partial charge is 0.475 e. The number of nitrogens with zero attached hydrogens (tertiary/aromatic N) is 2. The number of hydrogen-bond acceptors (Lipinski definition) is 6. The first-order chi connectivity index (χ1) is 15.6. The second-order valence-corrected chi connectivity index (χ2v) is 8.03. The topological polar surface area (TPSA) is 57.0 Å². The minimum absolute atomic E-state index is 0.00635. The number of benzene rings is 3. The zero-order valence-electron chi connectivity index (χ0n) is 17.7. The molecule has 0 bridgehead atoms. The molecule has 6 nitrogen and oxygen atoms in total. The van der Waals surface area contributed by atoms with Gasteiger partial charge in [-0.05, 0) is 67.6 Å². The lowest BCUT2D eigenvalue weighted by Crippen LogP contribution is -2.44. The molecule has 1 aliphatic rings. The maximum absolute atomic E-state index is 6.08. The van der Waals surface area contributed by atoms with E-state index in [2.05, 4.69) is 16.8 Å². The number of hydrogen-bond donors (Lipinski definition) is 0. The van der Waals surface area contributed by atoms with E-state index in [9.17, 15) is 0 Å². The Hall–Kier alpha value is -3.06. The Morgan fingerprint density at radius 2 is 1.59 bits per heavy atom. The van der Waals surface area contributed by atoms with Crippen molar-refractivity contribution in [2.75, 3.05) is 26.3 Å². The summed E-state index contributed by atoms with van der Waals surface area (Å²) >= 11 is 5.93. The average Bonchev–Trinajstić information content (AvgIpc) is 3.25. The third-order valence-corrected chi connectivity index (χ3v) is 5.63. The van der Waals surface area contributed by atoms with Crippen molar-refractivity contribution in [3.05, 3.63) is 71.8 Å². The molecular formula is C25H23ClN2O4. The van der Waals surface area contributed by atoms with Gasteiger partial charge in [-0.1, -0.05) is 11.6 Å². The van der Waals surface area contributed by atoms with Crippen LogP contribution in [0.1, 0.15) is 6.92 Å². The van der Waals surface area contributed by atoms with E-state index in [-0.39, 0.29) is 6.23 Å². The fourth-order valence-electron chi connectivity index (χ4n) is 3.62. The molecule has 164 valence electrons. The van der Waals surface area contributed by atoms with E-state index in [0.717, 1.165) is 43.1 Å². The quantitative estimate of drug-likeness (QED) is 0.359. The summed E-state index contributed by atoms with van der Waals surface area (Å²) in [5, 5.41) is 0.666. The molecular weight excluding hydrogens is 428 g/mol. The normalized spacial score (nSPS) is 15.6. The summed E-state index contributed by atoms with van der Waals surface area (Å²) in [7, 11) is 0. The van der Waals surface area contributed by atoms with E-state index in [1.165, 1.54) is 0 Å². The second-order valence-electron chi connectivity index (χ2n) is 7.59. The molecule has 0 radical (unpaired) electrons. The molecule has 0 amide bonds. The lowest BCUT2D eigenvalue weighted by atomic mass is 10.2. The van der Waals surface area contributed by atoms with Crippen molar-refractivity contribution < 1.29 is 18.6 Å². The number of rotatable bonds is 6. The van der Waals surface area contributed by atoms with Gasteiger partial charge in [0.2, 0.25) is 5.89 Å². The standard InChI is InChI=1S/C25H23ClN2O4/c1-17(28-12-14-29-15-13-28)30-20-6-2-18(3-7-20)25-27-23-11-10-22(16-24(23)32-25)31-21-8-4-19(26)5-9-21/h2-11,16-17H,12-15H2,1H3. The number of oxazole rings is 1. The predicted molar refractivity (Wildman–Crippen MR) is 123 cm³/mol. The first-order valence-corrected chi connectivity index (χ1v) is 10.9. The van der Waals surface area contributed by atoms with Crippen LogP contribution in [0.2, 0.25) is 5.02 Å². The van der Waals surface area contributed by atoms with Gasteiger partial charge >= 0.3 is 0 Å². The van der Waals surface area contributed by atoms with Gasteiger partial charge < -0.3 is 18.6 Å². The predicted octanol–water partition coefficient (Wildman–Crippen LogP) is 6.00. The minimum Gasteiger partial charge on any atom is -0.475 e. The van der Waals surface area contributed by atoms with E-state index in [1.54, 1.807) is 12.1 Å². The van der Waals surface area contributed by atoms with Crippen LogP contribution >= 0.6 is 11.6 Å². The van der Waals surface area contributed by atoms with E-state index in [1.807, 2.05) is 54.6 Å². The fraction of sp³-hybridized carbons (Fsp3) is 0.240. The number of fused-ring (bicyclic) bond motifs is 1. The summed E-state index contributed by atoms with van der Waals surface area (Å²) in [5.41, 5.74) is 2.31. The van der Waals surface area contributed by atoms with Crippen molar-refractivity contribution in [2.24, 2.45) is 0 Å². The molecule has 5 rings (SSSR count). The van der Waals surface area contributed by atoms with E-state index >= 15 is 0 Å². The molecule has 1 saturated heterocycles. The van der Waals surface area contributed by atoms with Gasteiger partial charge in [-0.25, -0.2) is 4.98 Å². The summed E-state index contributed by atoms with van der Waals surface area (Å²) in [6, 6.07) is 20.6. The Kier molecular flexibility index (Phi) is 5.99. The first kappa shape index (κ1) is 20.8. The van der Waals surface area contributed by atoms with Gasteiger partial charge in [-0.3, -0.25) is 4.90 Å². The van der Waals surface area contributed by atoms with Crippen LogP contribution in [0.3, 0.4) is 0 Å². The summed E-state index contributed by atoms with van der Waals surface area (Å²) in [6.07, 6.45) is -0.00635. The van der Waals surface area contributed by atoms with Crippen LogP contribution < -0.4 is 9.47 Å². The summed E-state index contributed by atoms with van der Waals surface area (Å²) in [4.78, 5) is 6.87. The zero-order chi connectivity index (χ0) is 21.9. The smallest absolute Gasteiger partial charge is 0.227 e. The summed E-state index contributed by atoms with van der Waals surface area (Å²) < 4.78 is 23.4. The molecule has 0 spiro atoms. The van der Waals surface area contributed by atoms with Gasteiger partial charge in [-0.15, -0.1) is 0 Å². The van der Waals surface area contributed by atoms with E-state index < -0.39 is 0 Å². The molecule has 1 unspecified atom stereocenters. The SMILES string of the molecule is CC(Oc1ccc(-c2nc3ccc(Oc4ccc(Cl)cc4)cc3o2)cc1)N1CCOCC1. The third kappa shape index (κ3) is 4.72. The molecule has 1 fully saturated rings. The van der Waals surface area contributed by atoms with Gasteiger partial charge in [0.25, 0.3) is 0 Å². The first-order valence-electron chi connectivity index (χ1n) is 10.6. The minimum atomic E-state index is -0.00635. The fourth-order valence-corrected chi connectivity index (χ4v) is 3.75. The Morgan fingerprint density at radius 1 is 0.906 bits per heavy atom. The average molecular weight is 451 g/mol. The highest BCUT2D eigenvalue weighted by molar-refractivity contribution is 6.30. The van der Waals surface area contributed by atoms with Crippen molar-refractivity contribution in [2.45, 2.75) is 13.2 Å². The highest BCUT2D eigenvalue weighted by Gasteiger charge is 2.18. The molecule has 1 atom stereocenters. The summed E-state index contributed by atoms with van der Waals surface area (Å²) in [5.74, 6) is 2.73. The molecule has 0 aliphatic carbocycles. The number of ether oxygens (including phenoxy) is 3. The van der Waals surface area contributed by atoms with Gasteiger partial charge in [0, 0.05) is 29.7 Å². The molecule has 3 aromatic carbocycles. The highest BCUT2D eigenvalue weighted by Crippen LogP contribution is 2.30. The maximum Gasteiger partial charge on any atom is 0.227 e. The van der Waals surface area contributed by atoms with Crippen molar-refractivity contribution >= 4 is 22.7 Å². The Balaban J connectivity index is 1.29. The van der Waals surface area contributed by atoms with Crippen LogP contribution in [0.25, 0.3) is 22.6 Å². The highest BCUT2D eigenvalue weighted by atomic mass is 35.5. The molecule has 0 N–H and O–H groups in total. The van der Waals surface area contributed by atoms with Crippen molar-refractivity contribution in [1.82, 2.24) is 9.88 Å². The Morgan fingerprint density at radius 3 is 2.34 bits per heavy atom. The zero-order valence-corrected chi connectivity index (χ0v) is 18.4. The second kappa shape index (κ2) is 9.20. The van der Waals surface area contributed by atoms with Crippen LogP contribution in [0.4, 0.5) is 0 Å². The van der Waals surface area contributed by atoms with Crippen LogP contribution in [-0.4, -0.2) is 42.4 Å². The number of aromatic nitrogens is 1. The number of halogens is 1. The van der Waals surface area contributed by atoms with Gasteiger partial charge in [-0.2, -0.15) is 0 Å². The van der Waals surface area contributed by atoms with Crippen LogP contribution in [-0.2, 0) is 4.74 Å². The molecule has 7 heteroatoms. The van der Waals surface area contributed by atoms with E-state index in [0.29, 0.717) is 28.0 Å². The number of morpholine rings is 1. The van der Waals surface area contributed by atoms with Crippen molar-refractivity contribution in [1.29, 1.82) is 0 Å². The van der Waals surface area contributed by atoms with Crippen LogP contribution in [0.5, 0.6) is 17.2 Å². The van der Waals surface area contributed by atoms with Crippen LogP contribution in [0.15, 0.2) is 71.1 Å². The molecule has 1 aliphatic heterocycles. The molecule has 1 aromatic heterocycles. The molecule has 4 aromatic rings. The van der Waals surface area contributed by atoms with Crippen molar-refractivity contribution in [3.8, 4) is 28.7 Å². The molecule has 0 saturated carbocycles. The maximum atomic E-state index is 6.08. The lowest BCUT2D eigenvalue weighted by Gasteiger charge is -2.32. The Labute approximate surface area is 191 Å². The van der Waals surface area contributed by atoms with Gasteiger partial charge in [0.05, 0.1) is 13.2 Å². The van der Waals surface area contributed by atoms with Gasteiger partial charge in [0.15, 0.2) is 5.58 Å². The Bertz CT molecular complexity index is 1190. The molecule has 32 heavy (non-hydrogen) atoms. The summed E-state index contributed by atoms with van der Waals surface area (Å²) in [6.45, 7) is 5.31.